The number of hydrogen-bond acceptors (Lipinski definition) is 5. The van der Waals surface area contributed by atoms with E-state index in [0.29, 0.717) is 16.8 Å². The first-order valence-electron chi connectivity index (χ1n) is 7.04. The molecule has 0 aliphatic heterocycles. The van der Waals surface area contributed by atoms with Gasteiger partial charge in [-0.1, -0.05) is 26.0 Å². The Kier molecular flexibility index (Phi) is 6.27. The molecule has 0 aliphatic carbocycles. The number of ether oxygens (including phenoxy) is 1. The summed E-state index contributed by atoms with van der Waals surface area (Å²) >= 11 is 3.14. The molecule has 1 aromatic heterocycles. The molecule has 2 aromatic rings. The first-order valence-corrected chi connectivity index (χ1v) is 9.31. The zero-order valence-corrected chi connectivity index (χ0v) is 14.6. The van der Waals surface area contributed by atoms with Crippen molar-refractivity contribution in [1.82, 2.24) is 4.98 Å². The van der Waals surface area contributed by atoms with E-state index in [1.165, 1.54) is 16.9 Å². The Morgan fingerprint density at radius 2 is 2.09 bits per heavy atom. The quantitative estimate of drug-likeness (QED) is 0.825. The third-order valence-electron chi connectivity index (χ3n) is 3.01. The Morgan fingerprint density at radius 1 is 1.36 bits per heavy atom. The molecule has 0 atom stereocenters. The zero-order valence-electron chi connectivity index (χ0n) is 13.0. The lowest BCUT2D eigenvalue weighted by molar-refractivity contribution is -0.118. The summed E-state index contributed by atoms with van der Waals surface area (Å²) < 4.78 is 5.49. The minimum absolute atomic E-state index is 0.0154. The molecular weight excluding hydrogens is 316 g/mol. The maximum absolute atomic E-state index is 11.9. The first kappa shape index (κ1) is 16.8. The van der Waals surface area contributed by atoms with Crippen molar-refractivity contribution in [3.8, 4) is 5.75 Å². The van der Waals surface area contributed by atoms with Gasteiger partial charge in [-0.3, -0.25) is 10.1 Å². The monoisotopic (exact) mass is 336 g/mol. The number of rotatable bonds is 7. The van der Waals surface area contributed by atoms with Gasteiger partial charge in [0.1, 0.15) is 5.75 Å². The van der Waals surface area contributed by atoms with Crippen molar-refractivity contribution in [3.05, 3.63) is 40.9 Å². The highest BCUT2D eigenvalue weighted by molar-refractivity contribution is 7.97. The van der Waals surface area contributed by atoms with Gasteiger partial charge in [-0.15, -0.1) is 11.3 Å². The molecule has 1 heterocycles. The number of carbonyl (C=O) groups is 1. The molecule has 2 rings (SSSR count). The zero-order chi connectivity index (χ0) is 15.9. The van der Waals surface area contributed by atoms with Crippen LogP contribution in [0.2, 0.25) is 0 Å². The topological polar surface area (TPSA) is 51.2 Å². The highest BCUT2D eigenvalue weighted by Crippen LogP contribution is 2.20. The van der Waals surface area contributed by atoms with Crippen LogP contribution in [0.15, 0.2) is 29.6 Å². The number of nitrogens with zero attached hydrogens (tertiary/aromatic N) is 1. The lowest BCUT2D eigenvalue weighted by atomic mass is 10.0. The van der Waals surface area contributed by atoms with E-state index in [1.807, 2.05) is 35.9 Å². The van der Waals surface area contributed by atoms with Crippen molar-refractivity contribution >= 4 is 34.1 Å². The third kappa shape index (κ3) is 5.03. The predicted molar refractivity (Wildman–Crippen MR) is 94.0 cm³/mol. The van der Waals surface area contributed by atoms with Crippen molar-refractivity contribution < 1.29 is 9.53 Å². The van der Waals surface area contributed by atoms with Gasteiger partial charge >= 0.3 is 0 Å². The van der Waals surface area contributed by atoms with Crippen molar-refractivity contribution in [3.63, 3.8) is 0 Å². The second kappa shape index (κ2) is 8.19. The van der Waals surface area contributed by atoms with Crippen LogP contribution in [0.1, 0.15) is 31.0 Å². The molecule has 1 aromatic carbocycles. The van der Waals surface area contributed by atoms with E-state index in [-0.39, 0.29) is 12.5 Å². The largest absolute Gasteiger partial charge is 0.484 e. The fourth-order valence-corrected chi connectivity index (χ4v) is 3.11. The van der Waals surface area contributed by atoms with Gasteiger partial charge in [-0.2, -0.15) is 11.8 Å². The summed E-state index contributed by atoms with van der Waals surface area (Å²) in [6.45, 7) is 4.27. The van der Waals surface area contributed by atoms with Crippen LogP contribution in [0.5, 0.6) is 5.75 Å². The maximum Gasteiger partial charge on any atom is 0.264 e. The molecule has 1 amide bonds. The van der Waals surface area contributed by atoms with Crippen molar-refractivity contribution in [2.45, 2.75) is 25.5 Å². The molecule has 0 saturated heterocycles. The third-order valence-corrected chi connectivity index (χ3v) is 4.40. The van der Waals surface area contributed by atoms with E-state index in [0.717, 1.165) is 11.4 Å². The van der Waals surface area contributed by atoms with Crippen LogP contribution in [-0.2, 0) is 10.5 Å². The van der Waals surface area contributed by atoms with Gasteiger partial charge in [0, 0.05) is 11.1 Å². The van der Waals surface area contributed by atoms with Crippen molar-refractivity contribution in [1.29, 1.82) is 0 Å². The highest BCUT2D eigenvalue weighted by Gasteiger charge is 2.08. The van der Waals surface area contributed by atoms with Gasteiger partial charge in [0.15, 0.2) is 11.7 Å². The van der Waals surface area contributed by atoms with Crippen LogP contribution in [0, 0.1) is 0 Å². The molecule has 1 N–H and O–H groups in total. The van der Waals surface area contributed by atoms with E-state index >= 15 is 0 Å². The number of amides is 1. The van der Waals surface area contributed by atoms with Crippen LogP contribution in [0.25, 0.3) is 0 Å². The molecule has 0 aliphatic rings. The van der Waals surface area contributed by atoms with Gasteiger partial charge in [-0.05, 0) is 29.9 Å². The number of thiazole rings is 1. The second-order valence-electron chi connectivity index (χ2n) is 5.14. The first-order chi connectivity index (χ1) is 10.6. The van der Waals surface area contributed by atoms with Crippen LogP contribution in [0.4, 0.5) is 5.13 Å². The molecule has 0 bridgehead atoms. The second-order valence-corrected chi connectivity index (χ2v) is 6.86. The molecule has 4 nitrogen and oxygen atoms in total. The van der Waals surface area contributed by atoms with Gasteiger partial charge in [0.2, 0.25) is 0 Å². The summed E-state index contributed by atoms with van der Waals surface area (Å²) in [5.41, 5.74) is 2.24. The summed E-state index contributed by atoms with van der Waals surface area (Å²) in [4.78, 5) is 16.2. The minimum Gasteiger partial charge on any atom is -0.484 e. The summed E-state index contributed by atoms with van der Waals surface area (Å²) in [5.74, 6) is 1.84. The molecule has 0 unspecified atom stereocenters. The van der Waals surface area contributed by atoms with Crippen LogP contribution in [0.3, 0.4) is 0 Å². The lowest BCUT2D eigenvalue weighted by Gasteiger charge is -2.08. The summed E-state index contributed by atoms with van der Waals surface area (Å²) in [7, 11) is 0. The molecule has 6 heteroatoms. The molecular formula is C16H20N2O2S2. The molecule has 0 saturated carbocycles. The number of anilines is 1. The smallest absolute Gasteiger partial charge is 0.264 e. The Bertz CT molecular complexity index is 609. The molecule has 0 spiro atoms. The van der Waals surface area contributed by atoms with E-state index in [9.17, 15) is 4.79 Å². The average molecular weight is 336 g/mol. The Labute approximate surface area is 139 Å². The Balaban J connectivity index is 1.81. The molecule has 22 heavy (non-hydrogen) atoms. The summed E-state index contributed by atoms with van der Waals surface area (Å²) in [6.07, 6.45) is 2.02. The fraction of sp³-hybridized carbons (Fsp3) is 0.375. The van der Waals surface area contributed by atoms with Gasteiger partial charge in [0.05, 0.1) is 5.69 Å². The number of thioether (sulfide) groups is 1. The van der Waals surface area contributed by atoms with E-state index < -0.39 is 0 Å². The van der Waals surface area contributed by atoms with E-state index in [2.05, 4.69) is 24.1 Å². The summed E-state index contributed by atoms with van der Waals surface area (Å²) in [6, 6.07) is 7.83. The summed E-state index contributed by atoms with van der Waals surface area (Å²) in [5, 5.41) is 5.33. The van der Waals surface area contributed by atoms with Crippen LogP contribution >= 0.6 is 23.1 Å². The minimum atomic E-state index is -0.196. The van der Waals surface area contributed by atoms with E-state index in [4.69, 9.17) is 4.74 Å². The molecule has 118 valence electrons. The van der Waals surface area contributed by atoms with Crippen LogP contribution in [-0.4, -0.2) is 23.8 Å². The van der Waals surface area contributed by atoms with Crippen molar-refractivity contribution in [2.75, 3.05) is 18.2 Å². The Hall–Kier alpha value is -1.53. The van der Waals surface area contributed by atoms with Crippen molar-refractivity contribution in [2.24, 2.45) is 0 Å². The fourth-order valence-electron chi connectivity index (χ4n) is 1.83. The maximum atomic E-state index is 11.9. The SMILES string of the molecule is CSCc1csc(NC(=O)COc2ccc(C(C)C)cc2)n1. The number of carbonyl (C=O) groups excluding carboxylic acids is 1. The Morgan fingerprint density at radius 3 is 2.73 bits per heavy atom. The van der Waals surface area contributed by atoms with Gasteiger partial charge in [-0.25, -0.2) is 4.98 Å². The molecule has 0 fully saturated rings. The number of aromatic nitrogens is 1. The number of benzene rings is 1. The van der Waals surface area contributed by atoms with Crippen LogP contribution < -0.4 is 10.1 Å². The number of nitrogens with one attached hydrogen (secondary N) is 1. The van der Waals surface area contributed by atoms with Gasteiger partial charge < -0.3 is 4.74 Å². The normalized spacial score (nSPS) is 10.7. The molecule has 0 radical (unpaired) electrons. The highest BCUT2D eigenvalue weighted by atomic mass is 32.2. The predicted octanol–water partition coefficient (Wildman–Crippen LogP) is 4.15. The standard InChI is InChI=1S/C16H20N2O2S2/c1-11(2)12-4-6-14(7-5-12)20-8-15(19)18-16-17-13(9-21-3)10-22-16/h4-7,10-11H,8-9H2,1-3H3,(H,17,18,19). The number of hydrogen-bond donors (Lipinski definition) is 1. The average Bonchev–Trinajstić information content (AvgIpc) is 2.93. The van der Waals surface area contributed by atoms with E-state index in [1.54, 1.807) is 11.8 Å². The lowest BCUT2D eigenvalue weighted by Crippen LogP contribution is -2.20. The van der Waals surface area contributed by atoms with Gasteiger partial charge in [0.25, 0.3) is 5.91 Å².